The van der Waals surface area contributed by atoms with Gasteiger partial charge in [0.05, 0.1) is 6.54 Å². The molecule has 2 fully saturated rings. The number of nitrogens with zero attached hydrogens (tertiary/aromatic N) is 2. The highest BCUT2D eigenvalue weighted by Crippen LogP contribution is 2.22. The topological polar surface area (TPSA) is 35.6 Å². The molecule has 2 amide bonds. The Morgan fingerprint density at radius 2 is 2.05 bits per heavy atom. The maximum Gasteiger partial charge on any atom is 0.401 e. The van der Waals surface area contributed by atoms with Gasteiger partial charge in [-0.25, -0.2) is 4.79 Å². The number of halogens is 3. The summed E-state index contributed by atoms with van der Waals surface area (Å²) >= 11 is 1.85. The molecule has 2 unspecified atom stereocenters. The number of thioether (sulfide) groups is 1. The molecule has 2 saturated heterocycles. The standard InChI is InChI=1S/C14H24F3N3OS/c1-11-3-6-22-7-5-20(11)13(21)18-8-12-2-4-19(9-12)10-14(15,16)17/h11-12H,2-10H2,1H3,(H,18,21). The Labute approximate surface area is 133 Å². The van der Waals surface area contributed by atoms with E-state index in [0.717, 1.165) is 24.5 Å². The summed E-state index contributed by atoms with van der Waals surface area (Å²) in [7, 11) is 0. The average molecular weight is 339 g/mol. The quantitative estimate of drug-likeness (QED) is 0.858. The van der Waals surface area contributed by atoms with Crippen LogP contribution in [0.1, 0.15) is 19.8 Å². The number of hydrogen-bond donors (Lipinski definition) is 1. The van der Waals surface area contributed by atoms with Gasteiger partial charge in [-0.1, -0.05) is 0 Å². The molecule has 0 aliphatic carbocycles. The minimum atomic E-state index is -4.14. The third-order valence-electron chi connectivity index (χ3n) is 4.26. The molecule has 0 aromatic heterocycles. The fourth-order valence-corrected chi connectivity index (χ4v) is 4.04. The second-order valence-electron chi connectivity index (χ2n) is 6.13. The maximum absolute atomic E-state index is 12.4. The predicted molar refractivity (Wildman–Crippen MR) is 82.1 cm³/mol. The van der Waals surface area contributed by atoms with E-state index in [1.165, 1.54) is 4.90 Å². The summed E-state index contributed by atoms with van der Waals surface area (Å²) in [6, 6.07) is 0.143. The molecular weight excluding hydrogens is 315 g/mol. The molecule has 0 radical (unpaired) electrons. The third kappa shape index (κ3) is 5.53. The van der Waals surface area contributed by atoms with Gasteiger partial charge < -0.3 is 10.2 Å². The first kappa shape index (κ1) is 17.7. The molecule has 0 aromatic rings. The van der Waals surface area contributed by atoms with Gasteiger partial charge in [0.1, 0.15) is 0 Å². The lowest BCUT2D eigenvalue weighted by atomic mass is 10.1. The number of likely N-dealkylation sites (tertiary alicyclic amines) is 1. The van der Waals surface area contributed by atoms with Gasteiger partial charge in [-0.15, -0.1) is 0 Å². The molecule has 22 heavy (non-hydrogen) atoms. The Kier molecular flexibility index (Phi) is 6.26. The zero-order valence-corrected chi connectivity index (χ0v) is 13.7. The van der Waals surface area contributed by atoms with Gasteiger partial charge in [0.15, 0.2) is 0 Å². The zero-order chi connectivity index (χ0) is 16.2. The van der Waals surface area contributed by atoms with E-state index < -0.39 is 12.7 Å². The Morgan fingerprint density at radius 1 is 1.27 bits per heavy atom. The van der Waals surface area contributed by atoms with Crippen molar-refractivity contribution >= 4 is 17.8 Å². The van der Waals surface area contributed by atoms with Crippen LogP contribution in [0.2, 0.25) is 0 Å². The monoisotopic (exact) mass is 339 g/mol. The molecule has 8 heteroatoms. The minimum Gasteiger partial charge on any atom is -0.338 e. The number of carbonyl (C=O) groups is 1. The van der Waals surface area contributed by atoms with Crippen LogP contribution in [-0.4, -0.2) is 72.3 Å². The van der Waals surface area contributed by atoms with Crippen LogP contribution in [0.4, 0.5) is 18.0 Å². The Bertz CT molecular complexity index is 381. The van der Waals surface area contributed by atoms with Crippen molar-refractivity contribution in [2.45, 2.75) is 32.0 Å². The van der Waals surface area contributed by atoms with Crippen LogP contribution >= 0.6 is 11.8 Å². The largest absolute Gasteiger partial charge is 0.401 e. The highest BCUT2D eigenvalue weighted by atomic mass is 32.2. The Morgan fingerprint density at radius 3 is 2.77 bits per heavy atom. The summed E-state index contributed by atoms with van der Waals surface area (Å²) in [5.41, 5.74) is 0. The van der Waals surface area contributed by atoms with Crippen molar-refractivity contribution in [3.05, 3.63) is 0 Å². The van der Waals surface area contributed by atoms with Crippen molar-refractivity contribution < 1.29 is 18.0 Å². The van der Waals surface area contributed by atoms with Crippen LogP contribution in [0.5, 0.6) is 0 Å². The lowest BCUT2D eigenvalue weighted by Crippen LogP contribution is -2.47. The lowest BCUT2D eigenvalue weighted by molar-refractivity contribution is -0.143. The van der Waals surface area contributed by atoms with Crippen molar-refractivity contribution in [1.29, 1.82) is 0 Å². The Hall–Kier alpha value is -0.630. The van der Waals surface area contributed by atoms with E-state index in [4.69, 9.17) is 0 Å². The first-order valence-electron chi connectivity index (χ1n) is 7.76. The molecule has 0 bridgehead atoms. The molecule has 2 atom stereocenters. The van der Waals surface area contributed by atoms with E-state index >= 15 is 0 Å². The molecule has 4 nitrogen and oxygen atoms in total. The smallest absolute Gasteiger partial charge is 0.338 e. The molecule has 128 valence electrons. The van der Waals surface area contributed by atoms with E-state index in [1.54, 1.807) is 0 Å². The van der Waals surface area contributed by atoms with Crippen molar-refractivity contribution in [3.63, 3.8) is 0 Å². The molecule has 0 saturated carbocycles. The number of nitrogens with one attached hydrogen (secondary N) is 1. The van der Waals surface area contributed by atoms with Gasteiger partial charge in [-0.05, 0) is 38.0 Å². The molecule has 0 aromatic carbocycles. The minimum absolute atomic E-state index is 0.0794. The molecule has 1 N–H and O–H groups in total. The molecule has 2 aliphatic rings. The van der Waals surface area contributed by atoms with Crippen LogP contribution in [0.25, 0.3) is 0 Å². The van der Waals surface area contributed by atoms with Crippen molar-refractivity contribution in [3.8, 4) is 0 Å². The first-order valence-corrected chi connectivity index (χ1v) is 8.92. The summed E-state index contributed by atoms with van der Waals surface area (Å²) in [4.78, 5) is 15.5. The summed E-state index contributed by atoms with van der Waals surface area (Å²) in [6.45, 7) is 3.26. The molecule has 2 heterocycles. The summed E-state index contributed by atoms with van der Waals surface area (Å²) in [6.07, 6.45) is -2.44. The second-order valence-corrected chi connectivity index (χ2v) is 7.36. The first-order chi connectivity index (χ1) is 10.3. The highest BCUT2D eigenvalue weighted by Gasteiger charge is 2.34. The van der Waals surface area contributed by atoms with Gasteiger partial charge in [0, 0.05) is 31.4 Å². The maximum atomic E-state index is 12.4. The number of carbonyl (C=O) groups excluding carboxylic acids is 1. The fraction of sp³-hybridized carbons (Fsp3) is 0.929. The summed E-state index contributed by atoms with van der Waals surface area (Å²) < 4.78 is 37.1. The molecular formula is C14H24F3N3OS. The number of urea groups is 1. The van der Waals surface area contributed by atoms with Gasteiger partial charge in [-0.2, -0.15) is 24.9 Å². The second kappa shape index (κ2) is 7.77. The van der Waals surface area contributed by atoms with E-state index in [1.807, 2.05) is 23.6 Å². The highest BCUT2D eigenvalue weighted by molar-refractivity contribution is 7.99. The number of alkyl halides is 3. The number of amides is 2. The molecule has 0 spiro atoms. The fourth-order valence-electron chi connectivity index (χ4n) is 3.01. The third-order valence-corrected chi connectivity index (χ3v) is 5.26. The lowest BCUT2D eigenvalue weighted by Gasteiger charge is -2.27. The van der Waals surface area contributed by atoms with E-state index in [9.17, 15) is 18.0 Å². The van der Waals surface area contributed by atoms with Gasteiger partial charge in [0.25, 0.3) is 0 Å². The van der Waals surface area contributed by atoms with Gasteiger partial charge in [-0.3, -0.25) is 4.90 Å². The van der Waals surface area contributed by atoms with Crippen molar-refractivity contribution in [2.24, 2.45) is 5.92 Å². The van der Waals surface area contributed by atoms with E-state index in [-0.39, 0.29) is 18.0 Å². The summed E-state index contributed by atoms with van der Waals surface area (Å²) in [5.74, 6) is 2.13. The summed E-state index contributed by atoms with van der Waals surface area (Å²) in [5, 5.41) is 2.91. The van der Waals surface area contributed by atoms with Crippen molar-refractivity contribution in [1.82, 2.24) is 15.1 Å². The van der Waals surface area contributed by atoms with Crippen LogP contribution in [0, 0.1) is 5.92 Å². The predicted octanol–water partition coefficient (Wildman–Crippen LogP) is 2.41. The van der Waals surface area contributed by atoms with Crippen LogP contribution in [0.3, 0.4) is 0 Å². The van der Waals surface area contributed by atoms with Gasteiger partial charge >= 0.3 is 12.2 Å². The number of hydrogen-bond acceptors (Lipinski definition) is 3. The molecule has 2 rings (SSSR count). The zero-order valence-electron chi connectivity index (χ0n) is 12.9. The molecule has 2 aliphatic heterocycles. The van der Waals surface area contributed by atoms with Gasteiger partial charge in [0.2, 0.25) is 0 Å². The van der Waals surface area contributed by atoms with Crippen LogP contribution < -0.4 is 5.32 Å². The van der Waals surface area contributed by atoms with E-state index in [0.29, 0.717) is 26.1 Å². The van der Waals surface area contributed by atoms with Crippen LogP contribution in [0.15, 0.2) is 0 Å². The van der Waals surface area contributed by atoms with Crippen LogP contribution in [-0.2, 0) is 0 Å². The number of rotatable bonds is 3. The Balaban J connectivity index is 1.72. The normalized spacial score (nSPS) is 27.7. The average Bonchev–Trinajstić information content (AvgIpc) is 2.73. The SMILES string of the molecule is CC1CCSCCN1C(=O)NCC1CCN(CC(F)(F)F)C1. The van der Waals surface area contributed by atoms with E-state index in [2.05, 4.69) is 5.32 Å². The van der Waals surface area contributed by atoms with Crippen molar-refractivity contribution in [2.75, 3.05) is 44.2 Å².